The van der Waals surface area contributed by atoms with E-state index in [1.807, 2.05) is 75.6 Å². The Labute approximate surface area is 331 Å². The molecule has 51 heavy (non-hydrogen) atoms. The Bertz CT molecular complexity index is 2060. The second-order valence-corrected chi connectivity index (χ2v) is 18.9. The van der Waals surface area contributed by atoms with Crippen LogP contribution in [0.5, 0.6) is 0 Å². The van der Waals surface area contributed by atoms with Crippen molar-refractivity contribution in [3.8, 4) is 0 Å². The van der Waals surface area contributed by atoms with E-state index in [-0.39, 0.29) is 47.9 Å². The third-order valence-electron chi connectivity index (χ3n) is 10.8. The number of ketones is 1. The first kappa shape index (κ1) is 41.4. The molecule has 1 aliphatic heterocycles. The van der Waals surface area contributed by atoms with Crippen molar-refractivity contribution < 1.29 is 30.0 Å². The van der Waals surface area contributed by atoms with E-state index in [0.29, 0.717) is 12.6 Å². The number of anilines is 1. The van der Waals surface area contributed by atoms with Gasteiger partial charge in [0.05, 0.1) is 12.4 Å². The molecule has 0 amide bonds. The first-order valence-corrected chi connectivity index (χ1v) is 20.8. The van der Waals surface area contributed by atoms with Gasteiger partial charge in [-0.3, -0.25) is 4.79 Å². The average molecular weight is 920 g/mol. The maximum absolute atomic E-state index is 12.2. The van der Waals surface area contributed by atoms with Gasteiger partial charge in [-0.1, -0.05) is 87.3 Å². The molecule has 6 rings (SSSR count). The number of nitrogens with one attached hydrogen (secondary N) is 1. The van der Waals surface area contributed by atoms with E-state index in [0.717, 1.165) is 43.4 Å². The third kappa shape index (κ3) is 8.57. The molecule has 0 atom stereocenters. The number of hydrogen-bond donors (Lipinski definition) is 2. The molecular formula is C43H55IrN2O2S3-. The monoisotopic (exact) mass is 920 g/mol. The quantitative estimate of drug-likeness (QED) is 0.0833. The van der Waals surface area contributed by atoms with Crippen molar-refractivity contribution in [1.29, 1.82) is 0 Å². The van der Waals surface area contributed by atoms with Gasteiger partial charge < -0.3 is 15.4 Å². The van der Waals surface area contributed by atoms with Crippen molar-refractivity contribution in [2.24, 2.45) is 21.7 Å². The number of aliphatic hydroxyl groups is 1. The van der Waals surface area contributed by atoms with Crippen LogP contribution in [0.2, 0.25) is 0 Å². The van der Waals surface area contributed by atoms with Gasteiger partial charge in [0.2, 0.25) is 0 Å². The minimum Gasteiger partial charge on any atom is -0.512 e. The number of hydrogen-bond acceptors (Lipinski definition) is 7. The molecule has 277 valence electrons. The molecule has 4 nitrogen and oxygen atoms in total. The number of carbonyl (C=O) groups excluding carboxylic acids is 1. The number of thiophene rings is 3. The molecule has 1 radical (unpaired) electrons. The maximum Gasteiger partial charge on any atom is 0.164 e. The number of benzene rings is 2. The molecule has 8 heteroatoms. The maximum atomic E-state index is 12.2. The molecular weight excluding hydrogens is 865 g/mol. The Morgan fingerprint density at radius 1 is 0.961 bits per heavy atom. The SMILES string of the molecule is CC(C)Cc1cc2cc3sc4c(c3cc2s1)NCN=C4c1[c-]c2ccsc2c(C(C)(C)C)c1.CCC(C)(CC)C(=O)/C=C(\O)C(C)(CC)CC.[Ir]. The fourth-order valence-corrected chi connectivity index (χ4v) is 9.99. The molecule has 0 fully saturated rings. The Hall–Kier alpha value is -2.35. The van der Waals surface area contributed by atoms with Gasteiger partial charge in [0.1, 0.15) is 5.76 Å². The summed E-state index contributed by atoms with van der Waals surface area (Å²) in [6, 6.07) is 15.3. The number of allylic oxidation sites excluding steroid dienone is 2. The second-order valence-electron chi connectivity index (χ2n) is 15.8. The van der Waals surface area contributed by atoms with Gasteiger partial charge in [-0.05, 0) is 77.1 Å². The van der Waals surface area contributed by atoms with Crippen LogP contribution in [0.25, 0.3) is 30.3 Å². The summed E-state index contributed by atoms with van der Waals surface area (Å²) in [4.78, 5) is 19.8. The molecule has 0 aliphatic carbocycles. The zero-order valence-electron chi connectivity index (χ0n) is 32.2. The minimum atomic E-state index is -0.337. The minimum absolute atomic E-state index is 0. The first-order chi connectivity index (χ1) is 23.6. The van der Waals surface area contributed by atoms with Crippen LogP contribution in [-0.2, 0) is 36.7 Å². The molecule has 2 N–H and O–H groups in total. The summed E-state index contributed by atoms with van der Waals surface area (Å²) in [5.74, 6) is 0.968. The van der Waals surface area contributed by atoms with Crippen LogP contribution in [0, 0.1) is 22.8 Å². The summed E-state index contributed by atoms with van der Waals surface area (Å²) in [5, 5.41) is 19.8. The summed E-state index contributed by atoms with van der Waals surface area (Å²) in [5.41, 5.74) is 4.27. The number of aliphatic hydroxyl groups excluding tert-OH is 1. The Morgan fingerprint density at radius 2 is 1.63 bits per heavy atom. The van der Waals surface area contributed by atoms with Gasteiger partial charge in [0, 0.05) is 67.3 Å². The van der Waals surface area contributed by atoms with E-state index in [2.05, 4.69) is 81.7 Å². The second kappa shape index (κ2) is 16.3. The normalized spacial score (nSPS) is 13.9. The van der Waals surface area contributed by atoms with Crippen LogP contribution in [0.4, 0.5) is 5.69 Å². The van der Waals surface area contributed by atoms with Gasteiger partial charge in [-0.2, -0.15) is 11.3 Å². The summed E-state index contributed by atoms with van der Waals surface area (Å²) in [7, 11) is 0. The Kier molecular flexibility index (Phi) is 13.3. The Balaban J connectivity index is 0.000000279. The summed E-state index contributed by atoms with van der Waals surface area (Å²) in [6.45, 7) is 24.1. The van der Waals surface area contributed by atoms with Crippen LogP contribution in [0.15, 0.2) is 52.5 Å². The van der Waals surface area contributed by atoms with E-state index in [4.69, 9.17) is 4.99 Å². The largest absolute Gasteiger partial charge is 0.512 e. The molecule has 0 saturated carbocycles. The molecule has 0 saturated heterocycles. The number of rotatable bonds is 10. The number of nitrogens with zero attached hydrogens (tertiary/aromatic N) is 1. The summed E-state index contributed by atoms with van der Waals surface area (Å²) >= 11 is 5.61. The number of aliphatic imine (C=N–C) groups is 1. The van der Waals surface area contributed by atoms with Crippen molar-refractivity contribution >= 4 is 81.5 Å². The van der Waals surface area contributed by atoms with E-state index in [9.17, 15) is 9.90 Å². The molecule has 2 aromatic carbocycles. The van der Waals surface area contributed by atoms with Crippen LogP contribution in [0.1, 0.15) is 123 Å². The number of carbonyl (C=O) groups is 1. The third-order valence-corrected chi connectivity index (χ3v) is 14.1. The van der Waals surface area contributed by atoms with Crippen molar-refractivity contribution in [2.45, 2.75) is 114 Å². The smallest absolute Gasteiger partial charge is 0.164 e. The molecule has 3 aromatic heterocycles. The van der Waals surface area contributed by atoms with Crippen LogP contribution < -0.4 is 5.32 Å². The van der Waals surface area contributed by atoms with Gasteiger partial charge in [0.25, 0.3) is 0 Å². The van der Waals surface area contributed by atoms with Crippen molar-refractivity contribution in [3.63, 3.8) is 0 Å². The Morgan fingerprint density at radius 3 is 2.24 bits per heavy atom. The molecule has 4 heterocycles. The zero-order chi connectivity index (χ0) is 36.6. The molecule has 0 spiro atoms. The van der Waals surface area contributed by atoms with Crippen molar-refractivity contribution in [1.82, 2.24) is 0 Å². The standard InChI is InChI=1S/C28H27N2S3.C15H28O2.Ir/c1-15(2)8-19-10-17-12-23-20(13-22(17)32-19)25-27(33-23)24(29-14-30-25)18-9-16-6-7-31-26(16)21(11-18)28(3,4)5;1-7-14(5,8-2)12(16)11-13(17)15(6,9-3)10-4;/h6-7,10-13,15,30H,8,14H2,1-5H3;11,16H,7-10H2,1-6H3;/q-1;;/b;12-11-;. The predicted molar refractivity (Wildman–Crippen MR) is 222 cm³/mol. The zero-order valence-corrected chi connectivity index (χ0v) is 37.1. The van der Waals surface area contributed by atoms with Crippen molar-refractivity contribution in [2.75, 3.05) is 12.0 Å². The molecule has 0 unspecified atom stereocenters. The van der Waals surface area contributed by atoms with Gasteiger partial charge >= 0.3 is 0 Å². The van der Waals surface area contributed by atoms with E-state index in [1.165, 1.54) is 57.3 Å². The average Bonchev–Trinajstić information content (AvgIpc) is 3.81. The van der Waals surface area contributed by atoms with Gasteiger partial charge in [-0.15, -0.1) is 46.3 Å². The van der Waals surface area contributed by atoms with Gasteiger partial charge in [0.15, 0.2) is 5.78 Å². The van der Waals surface area contributed by atoms with Crippen LogP contribution in [0.3, 0.4) is 0 Å². The van der Waals surface area contributed by atoms with E-state index >= 15 is 0 Å². The van der Waals surface area contributed by atoms with Crippen molar-refractivity contribution in [3.05, 3.63) is 74.5 Å². The van der Waals surface area contributed by atoms with Crippen LogP contribution >= 0.6 is 34.0 Å². The van der Waals surface area contributed by atoms with Crippen LogP contribution in [-0.4, -0.2) is 23.3 Å². The summed E-state index contributed by atoms with van der Waals surface area (Å²) in [6.07, 6.45) is 5.90. The fraction of sp³-hybridized carbons (Fsp3) is 0.488. The number of fused-ring (bicyclic) bond motifs is 5. The van der Waals surface area contributed by atoms with E-state index in [1.54, 1.807) is 0 Å². The van der Waals surface area contributed by atoms with Gasteiger partial charge in [-0.25, -0.2) is 0 Å². The predicted octanol–water partition coefficient (Wildman–Crippen LogP) is 13.5. The van der Waals surface area contributed by atoms with E-state index < -0.39 is 0 Å². The topological polar surface area (TPSA) is 61.7 Å². The first-order valence-electron chi connectivity index (χ1n) is 18.2. The molecule has 0 bridgehead atoms. The summed E-state index contributed by atoms with van der Waals surface area (Å²) < 4.78 is 4.05. The molecule has 5 aromatic rings. The fourth-order valence-electron chi connectivity index (χ4n) is 6.38. The molecule has 1 aliphatic rings.